The molecule has 2 heterocycles. The van der Waals surface area contributed by atoms with E-state index in [1.165, 1.54) is 11.3 Å². The van der Waals surface area contributed by atoms with E-state index < -0.39 is 5.41 Å². The third-order valence-corrected chi connectivity index (χ3v) is 7.97. The summed E-state index contributed by atoms with van der Waals surface area (Å²) >= 11 is 6.18. The van der Waals surface area contributed by atoms with Crippen molar-refractivity contribution in [2.45, 2.75) is 40.5 Å². The molecule has 0 spiro atoms. The van der Waals surface area contributed by atoms with Gasteiger partial charge in [0, 0.05) is 42.8 Å². The van der Waals surface area contributed by atoms with E-state index in [2.05, 4.69) is 37.5 Å². The Hall–Kier alpha value is -1.59. The predicted molar refractivity (Wildman–Crippen MR) is 111 cm³/mol. The smallest absolute Gasteiger partial charge is 0.236 e. The van der Waals surface area contributed by atoms with Crippen LogP contribution in [0.5, 0.6) is 0 Å². The van der Waals surface area contributed by atoms with E-state index >= 15 is 0 Å². The summed E-state index contributed by atoms with van der Waals surface area (Å²) in [5.41, 5.74) is 1.71. The molecule has 0 radical (unpaired) electrons. The van der Waals surface area contributed by atoms with Gasteiger partial charge in [-0.25, -0.2) is 0 Å². The number of benzene rings is 1. The van der Waals surface area contributed by atoms with Gasteiger partial charge in [0.25, 0.3) is 0 Å². The Morgan fingerprint density at radius 1 is 1.11 bits per heavy atom. The molecule has 1 saturated carbocycles. The number of piperidine rings is 1. The Morgan fingerprint density at radius 2 is 1.79 bits per heavy atom. The molecule has 1 aliphatic carbocycles. The fourth-order valence-corrected chi connectivity index (χ4v) is 5.46. The van der Waals surface area contributed by atoms with E-state index in [0.29, 0.717) is 6.67 Å². The number of piperazine rings is 1. The first-order valence-corrected chi connectivity index (χ1v) is 10.6. The summed E-state index contributed by atoms with van der Waals surface area (Å²) in [4.78, 5) is 32.4. The fourth-order valence-electron chi connectivity index (χ4n) is 5.29. The highest BCUT2D eigenvalue weighted by molar-refractivity contribution is 6.30. The van der Waals surface area contributed by atoms with Crippen LogP contribution in [0.25, 0.3) is 0 Å². The van der Waals surface area contributed by atoms with Crippen molar-refractivity contribution in [2.75, 3.05) is 37.7 Å². The number of anilines is 1. The van der Waals surface area contributed by atoms with E-state index in [1.807, 2.05) is 18.2 Å². The lowest BCUT2D eigenvalue weighted by molar-refractivity contribution is -0.170. The lowest BCUT2D eigenvalue weighted by atomic mass is 9.62. The number of hydrogen-bond donors (Lipinski definition) is 0. The van der Waals surface area contributed by atoms with Crippen molar-refractivity contribution in [3.8, 4) is 0 Å². The second-order valence-corrected chi connectivity index (χ2v) is 9.83. The summed E-state index contributed by atoms with van der Waals surface area (Å²) in [6.45, 7) is 12.1. The first-order valence-electron chi connectivity index (χ1n) is 10.2. The van der Waals surface area contributed by atoms with Crippen molar-refractivity contribution in [3.05, 3.63) is 28.8 Å². The number of aryl methyl sites for hydroxylation is 1. The Morgan fingerprint density at radius 3 is 2.46 bits per heavy atom. The first kappa shape index (κ1) is 19.7. The van der Waals surface area contributed by atoms with Gasteiger partial charge in [-0.05, 0) is 42.9 Å². The minimum absolute atomic E-state index is 0.0179. The quantitative estimate of drug-likeness (QED) is 0.724. The molecule has 6 heteroatoms. The van der Waals surface area contributed by atoms with E-state index in [-0.39, 0.29) is 23.1 Å². The van der Waals surface area contributed by atoms with Gasteiger partial charge >= 0.3 is 0 Å². The Balaban J connectivity index is 1.44. The highest BCUT2D eigenvalue weighted by Crippen LogP contribution is 2.60. The van der Waals surface area contributed by atoms with Gasteiger partial charge in [0.05, 0.1) is 12.1 Å². The second kappa shape index (κ2) is 6.74. The van der Waals surface area contributed by atoms with E-state index in [0.717, 1.165) is 44.0 Å². The third kappa shape index (κ3) is 2.86. The van der Waals surface area contributed by atoms with Crippen molar-refractivity contribution >= 4 is 29.1 Å². The minimum Gasteiger partial charge on any atom is -0.369 e. The van der Waals surface area contributed by atoms with Crippen LogP contribution >= 0.6 is 11.6 Å². The molecule has 2 saturated heterocycles. The zero-order chi connectivity index (χ0) is 20.3. The van der Waals surface area contributed by atoms with Crippen LogP contribution in [-0.2, 0) is 9.59 Å². The molecule has 4 rings (SSSR count). The number of carbonyl (C=O) groups is 2. The van der Waals surface area contributed by atoms with E-state index in [1.54, 1.807) is 4.90 Å². The topological polar surface area (TPSA) is 43.9 Å². The summed E-state index contributed by atoms with van der Waals surface area (Å²) in [6.07, 6.45) is 1.64. The summed E-state index contributed by atoms with van der Waals surface area (Å²) < 4.78 is 0. The molecule has 2 aliphatic heterocycles. The van der Waals surface area contributed by atoms with Crippen molar-refractivity contribution in [2.24, 2.45) is 16.7 Å². The number of amides is 2. The van der Waals surface area contributed by atoms with Gasteiger partial charge < -0.3 is 4.90 Å². The van der Waals surface area contributed by atoms with Crippen LogP contribution in [0.2, 0.25) is 5.02 Å². The molecule has 5 nitrogen and oxygen atoms in total. The van der Waals surface area contributed by atoms with Gasteiger partial charge in [0.15, 0.2) is 0 Å². The molecule has 3 fully saturated rings. The van der Waals surface area contributed by atoms with Crippen molar-refractivity contribution in [1.29, 1.82) is 0 Å². The summed E-state index contributed by atoms with van der Waals surface area (Å²) in [6, 6.07) is 5.98. The van der Waals surface area contributed by atoms with Crippen LogP contribution in [0.4, 0.5) is 5.69 Å². The molecule has 152 valence electrons. The van der Waals surface area contributed by atoms with Crippen molar-refractivity contribution in [3.63, 3.8) is 0 Å². The molecular weight excluding hydrogens is 374 g/mol. The minimum atomic E-state index is -0.425. The van der Waals surface area contributed by atoms with Gasteiger partial charge in [0.2, 0.25) is 11.8 Å². The maximum atomic E-state index is 13.2. The first-order chi connectivity index (χ1) is 13.1. The normalized spacial score (nSPS) is 30.2. The van der Waals surface area contributed by atoms with Crippen LogP contribution < -0.4 is 4.90 Å². The Labute approximate surface area is 172 Å². The summed E-state index contributed by atoms with van der Waals surface area (Å²) in [5.74, 6) is 0.00746. The van der Waals surface area contributed by atoms with Crippen LogP contribution in [-0.4, -0.2) is 54.5 Å². The average Bonchev–Trinajstić information content (AvgIpc) is 2.85. The highest BCUT2D eigenvalue weighted by Gasteiger charge is 2.64. The summed E-state index contributed by atoms with van der Waals surface area (Å²) in [5, 5.41) is 0.749. The average molecular weight is 404 g/mol. The van der Waals surface area contributed by atoms with Crippen LogP contribution in [0, 0.1) is 23.7 Å². The third-order valence-electron chi connectivity index (χ3n) is 7.73. The van der Waals surface area contributed by atoms with Crippen LogP contribution in [0.3, 0.4) is 0 Å². The zero-order valence-electron chi connectivity index (χ0n) is 17.3. The van der Waals surface area contributed by atoms with Crippen LogP contribution in [0.1, 0.15) is 39.2 Å². The molecule has 3 aliphatic rings. The van der Waals surface area contributed by atoms with Crippen molar-refractivity contribution in [1.82, 2.24) is 9.80 Å². The zero-order valence-corrected chi connectivity index (χ0v) is 18.1. The Bertz CT molecular complexity index is 816. The monoisotopic (exact) mass is 403 g/mol. The molecule has 2 atom stereocenters. The number of imide groups is 1. The number of halogens is 1. The number of rotatable bonds is 3. The predicted octanol–water partition coefficient (Wildman–Crippen LogP) is 3.54. The maximum Gasteiger partial charge on any atom is 0.236 e. The largest absolute Gasteiger partial charge is 0.369 e. The molecule has 0 aromatic heterocycles. The second-order valence-electron chi connectivity index (χ2n) is 9.39. The van der Waals surface area contributed by atoms with E-state index in [9.17, 15) is 9.59 Å². The SMILES string of the molecule is Cc1ccc(Cl)cc1N1CCN(CN2C(=O)[C@H]3CC[C@@](C)(C2=O)C3(C)C)CC1. The molecule has 1 aromatic carbocycles. The van der Waals surface area contributed by atoms with Crippen LogP contribution in [0.15, 0.2) is 18.2 Å². The Kier molecular flexibility index (Phi) is 4.74. The lowest BCUT2D eigenvalue weighted by Crippen LogP contribution is -2.62. The maximum absolute atomic E-state index is 13.2. The molecule has 2 amide bonds. The highest BCUT2D eigenvalue weighted by atomic mass is 35.5. The number of carbonyl (C=O) groups excluding carboxylic acids is 2. The molecule has 1 aromatic rings. The lowest BCUT2D eigenvalue weighted by Gasteiger charge is -2.49. The number of nitrogens with zero attached hydrogens (tertiary/aromatic N) is 3. The number of likely N-dealkylation sites (tertiary alicyclic amines) is 1. The van der Waals surface area contributed by atoms with Gasteiger partial charge in [0.1, 0.15) is 0 Å². The van der Waals surface area contributed by atoms with Gasteiger partial charge in [-0.15, -0.1) is 0 Å². The standard InChI is InChI=1S/C22H30ClN3O2/c1-15-5-6-16(23)13-18(15)25-11-9-24(10-12-25)14-26-19(27)17-7-8-22(4,20(26)28)21(17,2)3/h5-6,13,17H,7-12,14H2,1-4H3/t17-,22+/m1/s1. The summed E-state index contributed by atoms with van der Waals surface area (Å²) in [7, 11) is 0. The van der Waals surface area contributed by atoms with E-state index in [4.69, 9.17) is 11.6 Å². The molecule has 28 heavy (non-hydrogen) atoms. The number of fused-ring (bicyclic) bond motifs is 2. The molecule has 2 bridgehead atoms. The van der Waals surface area contributed by atoms with Gasteiger partial charge in [-0.2, -0.15) is 0 Å². The number of hydrogen-bond acceptors (Lipinski definition) is 4. The molecule has 0 unspecified atom stereocenters. The van der Waals surface area contributed by atoms with Crippen molar-refractivity contribution < 1.29 is 9.59 Å². The molecule has 0 N–H and O–H groups in total. The fraction of sp³-hybridized carbons (Fsp3) is 0.636. The van der Waals surface area contributed by atoms with Gasteiger partial charge in [-0.3, -0.25) is 19.4 Å². The van der Waals surface area contributed by atoms with Gasteiger partial charge in [-0.1, -0.05) is 38.4 Å². The molecular formula is C22H30ClN3O2.